The summed E-state index contributed by atoms with van der Waals surface area (Å²) in [5, 5.41) is 10.4. The van der Waals surface area contributed by atoms with Crippen LogP contribution in [0.4, 0.5) is 4.39 Å². The fourth-order valence-corrected chi connectivity index (χ4v) is 3.48. The van der Waals surface area contributed by atoms with Crippen LogP contribution in [0.15, 0.2) is 59.9 Å². The number of hydrogen-bond donors (Lipinski definition) is 1. The molecule has 1 unspecified atom stereocenters. The Balaban J connectivity index is 1.83. The molecule has 6 nitrogen and oxygen atoms in total. The van der Waals surface area contributed by atoms with Crippen LogP contribution >= 0.6 is 0 Å². The molecule has 1 atom stereocenters. The fraction of sp³-hybridized carbons (Fsp3) is 0.333. The molecule has 0 aromatic heterocycles. The quantitative estimate of drug-likeness (QED) is 0.655. The molecule has 164 valence electrons. The number of benzene rings is 2. The Bertz CT molecular complexity index is 966. The summed E-state index contributed by atoms with van der Waals surface area (Å²) < 4.78 is 23.9. The van der Waals surface area contributed by atoms with Gasteiger partial charge < -0.3 is 19.5 Å². The van der Waals surface area contributed by atoms with E-state index in [1.807, 2.05) is 0 Å². The number of hydrogen-bond acceptors (Lipinski definition) is 5. The average Bonchev–Trinajstić information content (AvgIpc) is 3.01. The van der Waals surface area contributed by atoms with Crippen LogP contribution in [0.1, 0.15) is 31.0 Å². The lowest BCUT2D eigenvalue weighted by Gasteiger charge is -2.27. The van der Waals surface area contributed by atoms with E-state index in [-0.39, 0.29) is 42.8 Å². The van der Waals surface area contributed by atoms with Crippen LogP contribution in [0.5, 0.6) is 5.75 Å². The lowest BCUT2D eigenvalue weighted by Crippen LogP contribution is -2.34. The van der Waals surface area contributed by atoms with Gasteiger partial charge in [-0.25, -0.2) is 4.39 Å². The molecule has 3 rings (SSSR count). The standard InChI is InChI=1S/C24H26FNO5/c1-15(2)22(27)20-21(26(12-13-30-3)24(29)23(20)28)17-6-10-19(11-7-17)31-14-16-4-8-18(25)9-5-16/h4-11,15,21,28H,12-14H2,1-3H3. The lowest BCUT2D eigenvalue weighted by molar-refractivity contribution is -0.130. The Hall–Kier alpha value is -3.19. The molecule has 1 amide bonds. The van der Waals surface area contributed by atoms with Gasteiger partial charge in [0.15, 0.2) is 11.5 Å². The highest BCUT2D eigenvalue weighted by atomic mass is 19.1. The lowest BCUT2D eigenvalue weighted by atomic mass is 9.91. The molecule has 7 heteroatoms. The minimum atomic E-state index is -0.691. The third-order valence-corrected chi connectivity index (χ3v) is 5.14. The molecule has 0 bridgehead atoms. The van der Waals surface area contributed by atoms with E-state index in [0.717, 1.165) is 5.56 Å². The van der Waals surface area contributed by atoms with E-state index in [4.69, 9.17) is 9.47 Å². The van der Waals surface area contributed by atoms with Gasteiger partial charge in [-0.1, -0.05) is 38.1 Å². The van der Waals surface area contributed by atoms with Crippen molar-refractivity contribution in [3.05, 3.63) is 76.8 Å². The predicted molar refractivity (Wildman–Crippen MR) is 113 cm³/mol. The highest BCUT2D eigenvalue weighted by Crippen LogP contribution is 2.39. The van der Waals surface area contributed by atoms with E-state index in [1.165, 1.54) is 24.1 Å². The SMILES string of the molecule is COCCN1C(=O)C(O)=C(C(=O)C(C)C)C1c1ccc(OCc2ccc(F)cc2)cc1. The molecule has 0 spiro atoms. The first-order chi connectivity index (χ1) is 14.8. The number of rotatable bonds is 9. The molecule has 1 aliphatic rings. The Morgan fingerprint density at radius 2 is 1.77 bits per heavy atom. The summed E-state index contributed by atoms with van der Waals surface area (Å²) in [5.74, 6) is -1.44. The highest BCUT2D eigenvalue weighted by molar-refractivity contribution is 6.09. The Kier molecular flexibility index (Phi) is 7.07. The monoisotopic (exact) mass is 427 g/mol. The van der Waals surface area contributed by atoms with Gasteiger partial charge in [0.2, 0.25) is 0 Å². The number of halogens is 1. The van der Waals surface area contributed by atoms with Crippen LogP contribution in [-0.2, 0) is 20.9 Å². The molecule has 1 N–H and O–H groups in total. The Morgan fingerprint density at radius 1 is 1.13 bits per heavy atom. The van der Waals surface area contributed by atoms with E-state index in [0.29, 0.717) is 11.3 Å². The number of ketones is 1. The topological polar surface area (TPSA) is 76.1 Å². The van der Waals surface area contributed by atoms with E-state index in [1.54, 1.807) is 50.2 Å². The van der Waals surface area contributed by atoms with Gasteiger partial charge in [-0.2, -0.15) is 0 Å². The van der Waals surface area contributed by atoms with Crippen LogP contribution in [0.25, 0.3) is 0 Å². The number of carbonyl (C=O) groups excluding carboxylic acids is 2. The van der Waals surface area contributed by atoms with Crippen molar-refractivity contribution in [1.29, 1.82) is 0 Å². The molecular weight excluding hydrogens is 401 g/mol. The molecule has 0 aliphatic carbocycles. The van der Waals surface area contributed by atoms with Crippen molar-refractivity contribution in [2.45, 2.75) is 26.5 Å². The van der Waals surface area contributed by atoms with Gasteiger partial charge in [0.25, 0.3) is 5.91 Å². The maximum Gasteiger partial charge on any atom is 0.290 e. The molecule has 2 aromatic carbocycles. The molecule has 1 heterocycles. The second-order valence-corrected chi connectivity index (χ2v) is 7.66. The molecule has 2 aromatic rings. The van der Waals surface area contributed by atoms with Crippen molar-refractivity contribution in [1.82, 2.24) is 4.90 Å². The van der Waals surface area contributed by atoms with E-state index >= 15 is 0 Å². The fourth-order valence-electron chi connectivity index (χ4n) is 3.48. The van der Waals surface area contributed by atoms with Crippen LogP contribution < -0.4 is 4.74 Å². The zero-order valence-corrected chi connectivity index (χ0v) is 17.8. The number of ether oxygens (including phenoxy) is 2. The largest absolute Gasteiger partial charge is 0.503 e. The van der Waals surface area contributed by atoms with Gasteiger partial charge in [0.05, 0.1) is 18.2 Å². The summed E-state index contributed by atoms with van der Waals surface area (Å²) >= 11 is 0. The minimum Gasteiger partial charge on any atom is -0.503 e. The number of nitrogens with zero attached hydrogens (tertiary/aromatic N) is 1. The van der Waals surface area contributed by atoms with Gasteiger partial charge in [0.1, 0.15) is 18.2 Å². The van der Waals surface area contributed by atoms with E-state index in [2.05, 4.69) is 0 Å². The average molecular weight is 427 g/mol. The van der Waals surface area contributed by atoms with Crippen molar-refractivity contribution < 1.29 is 28.6 Å². The number of Topliss-reactive ketones (excluding diaryl/α,β-unsaturated/α-hetero) is 1. The minimum absolute atomic E-state index is 0.107. The Morgan fingerprint density at radius 3 is 2.35 bits per heavy atom. The predicted octanol–water partition coefficient (Wildman–Crippen LogP) is 3.97. The normalized spacial score (nSPS) is 16.4. The number of carbonyl (C=O) groups is 2. The van der Waals surface area contributed by atoms with Crippen molar-refractivity contribution in [2.75, 3.05) is 20.3 Å². The Labute approximate surface area is 180 Å². The smallest absolute Gasteiger partial charge is 0.290 e. The van der Waals surface area contributed by atoms with Gasteiger partial charge in [-0.15, -0.1) is 0 Å². The number of methoxy groups -OCH3 is 1. The summed E-state index contributed by atoms with van der Waals surface area (Å²) in [4.78, 5) is 26.9. The maximum atomic E-state index is 13.0. The van der Waals surface area contributed by atoms with Gasteiger partial charge in [-0.3, -0.25) is 9.59 Å². The highest BCUT2D eigenvalue weighted by Gasteiger charge is 2.43. The molecule has 1 aliphatic heterocycles. The summed E-state index contributed by atoms with van der Waals surface area (Å²) in [6.45, 7) is 4.25. The number of aliphatic hydroxyl groups is 1. The summed E-state index contributed by atoms with van der Waals surface area (Å²) in [5.41, 5.74) is 1.62. The molecule has 0 radical (unpaired) electrons. The van der Waals surface area contributed by atoms with Crippen LogP contribution in [0.2, 0.25) is 0 Å². The maximum absolute atomic E-state index is 13.0. The van der Waals surface area contributed by atoms with Crippen molar-refractivity contribution in [3.8, 4) is 5.75 Å². The molecule has 31 heavy (non-hydrogen) atoms. The first-order valence-corrected chi connectivity index (χ1v) is 10.1. The molecule has 0 saturated carbocycles. The number of aliphatic hydroxyl groups excluding tert-OH is 1. The summed E-state index contributed by atoms with van der Waals surface area (Å²) in [6, 6.07) is 12.4. The molecule has 0 saturated heterocycles. The van der Waals surface area contributed by atoms with E-state index < -0.39 is 17.7 Å². The van der Waals surface area contributed by atoms with E-state index in [9.17, 15) is 19.1 Å². The molecule has 0 fully saturated rings. The van der Waals surface area contributed by atoms with Crippen molar-refractivity contribution >= 4 is 11.7 Å². The van der Waals surface area contributed by atoms with Crippen molar-refractivity contribution in [3.63, 3.8) is 0 Å². The van der Waals surface area contributed by atoms with Gasteiger partial charge in [-0.05, 0) is 35.4 Å². The second-order valence-electron chi connectivity index (χ2n) is 7.66. The molecular formula is C24H26FNO5. The van der Waals surface area contributed by atoms with Gasteiger partial charge in [0, 0.05) is 19.6 Å². The first-order valence-electron chi connectivity index (χ1n) is 10.1. The van der Waals surface area contributed by atoms with Gasteiger partial charge >= 0.3 is 0 Å². The third kappa shape index (κ3) is 4.94. The zero-order valence-electron chi connectivity index (χ0n) is 17.8. The zero-order chi connectivity index (χ0) is 22.5. The van der Waals surface area contributed by atoms with Crippen LogP contribution in [0.3, 0.4) is 0 Å². The summed E-state index contributed by atoms with van der Waals surface area (Å²) in [6.07, 6.45) is 0. The summed E-state index contributed by atoms with van der Waals surface area (Å²) in [7, 11) is 1.52. The first kappa shape index (κ1) is 22.5. The second kappa shape index (κ2) is 9.75. The van der Waals surface area contributed by atoms with Crippen LogP contribution in [-0.4, -0.2) is 42.0 Å². The van der Waals surface area contributed by atoms with Crippen molar-refractivity contribution in [2.24, 2.45) is 5.92 Å². The van der Waals surface area contributed by atoms with Crippen LogP contribution in [0, 0.1) is 11.7 Å². The number of amides is 1. The third-order valence-electron chi connectivity index (χ3n) is 5.14.